The van der Waals surface area contributed by atoms with Crippen molar-refractivity contribution < 1.29 is 4.39 Å². The first-order chi connectivity index (χ1) is 8.28. The van der Waals surface area contributed by atoms with Crippen molar-refractivity contribution in [2.45, 2.75) is 18.9 Å². The average Bonchev–Trinajstić information content (AvgIpc) is 2.93. The lowest BCUT2D eigenvalue weighted by Gasteiger charge is -2.12. The van der Waals surface area contributed by atoms with Crippen molar-refractivity contribution in [3.05, 3.63) is 47.5 Å². The van der Waals surface area contributed by atoms with Gasteiger partial charge in [0, 0.05) is 13.2 Å². The van der Waals surface area contributed by atoms with E-state index in [1.54, 1.807) is 12.3 Å². The molecule has 0 saturated carbocycles. The Morgan fingerprint density at radius 1 is 1.44 bits per heavy atom. The van der Waals surface area contributed by atoms with Crippen LogP contribution in [0.1, 0.15) is 23.6 Å². The second-order valence-corrected chi connectivity index (χ2v) is 4.36. The van der Waals surface area contributed by atoms with Gasteiger partial charge < -0.3 is 5.32 Å². The van der Waals surface area contributed by atoms with Gasteiger partial charge in [-0.15, -0.1) is 12.4 Å². The number of benzene rings is 1. The summed E-state index contributed by atoms with van der Waals surface area (Å²) in [6.07, 6.45) is 5.74. The fourth-order valence-electron chi connectivity index (χ4n) is 2.46. The van der Waals surface area contributed by atoms with Crippen LogP contribution in [0.3, 0.4) is 0 Å². The summed E-state index contributed by atoms with van der Waals surface area (Å²) in [5, 5.41) is 7.38. The maximum absolute atomic E-state index is 13.3. The Kier molecular flexibility index (Phi) is 3.57. The summed E-state index contributed by atoms with van der Waals surface area (Å²) in [4.78, 5) is 0. The second-order valence-electron chi connectivity index (χ2n) is 4.36. The van der Waals surface area contributed by atoms with Crippen LogP contribution < -0.4 is 5.32 Å². The van der Waals surface area contributed by atoms with Crippen molar-refractivity contribution in [1.29, 1.82) is 0 Å². The molecule has 1 heterocycles. The quantitative estimate of drug-likeness (QED) is 0.906. The first kappa shape index (κ1) is 12.9. The zero-order chi connectivity index (χ0) is 11.8. The molecule has 3 rings (SSSR count). The molecule has 2 aromatic rings. The van der Waals surface area contributed by atoms with Gasteiger partial charge in [-0.05, 0) is 36.1 Å². The smallest absolute Gasteiger partial charge is 0.123 e. The van der Waals surface area contributed by atoms with Gasteiger partial charge in [-0.25, -0.2) is 4.39 Å². The van der Waals surface area contributed by atoms with Gasteiger partial charge in [0.05, 0.1) is 17.9 Å². The predicted molar refractivity (Wildman–Crippen MR) is 71.9 cm³/mol. The van der Waals surface area contributed by atoms with Crippen LogP contribution in [0.2, 0.25) is 0 Å². The summed E-state index contributed by atoms with van der Waals surface area (Å²) >= 11 is 0. The van der Waals surface area contributed by atoms with Crippen LogP contribution in [-0.2, 0) is 6.42 Å². The lowest BCUT2D eigenvalue weighted by Crippen LogP contribution is -2.07. The van der Waals surface area contributed by atoms with Crippen molar-refractivity contribution in [2.75, 3.05) is 12.4 Å². The van der Waals surface area contributed by atoms with E-state index in [9.17, 15) is 4.39 Å². The van der Waals surface area contributed by atoms with Gasteiger partial charge in [0.2, 0.25) is 0 Å². The van der Waals surface area contributed by atoms with Gasteiger partial charge in [-0.3, -0.25) is 4.68 Å². The summed E-state index contributed by atoms with van der Waals surface area (Å²) in [7, 11) is 1.86. The van der Waals surface area contributed by atoms with Crippen LogP contribution >= 0.6 is 12.4 Å². The van der Waals surface area contributed by atoms with Crippen LogP contribution in [-0.4, -0.2) is 16.8 Å². The van der Waals surface area contributed by atoms with Crippen LogP contribution in [0.4, 0.5) is 10.1 Å². The molecule has 0 fully saturated rings. The van der Waals surface area contributed by atoms with Gasteiger partial charge in [-0.1, -0.05) is 6.07 Å². The van der Waals surface area contributed by atoms with E-state index < -0.39 is 0 Å². The minimum absolute atomic E-state index is 0. The SMILES string of the molecule is CNc1cnn(C2CCc3ccc(F)cc32)c1.Cl. The normalized spacial score (nSPS) is 17.1. The molecule has 0 aliphatic heterocycles. The number of aromatic nitrogens is 2. The molecular weight excluding hydrogens is 253 g/mol. The van der Waals surface area contributed by atoms with E-state index in [0.29, 0.717) is 0 Å². The molecule has 96 valence electrons. The zero-order valence-electron chi connectivity index (χ0n) is 10.1. The Bertz CT molecular complexity index is 553. The van der Waals surface area contributed by atoms with E-state index in [1.165, 1.54) is 11.6 Å². The van der Waals surface area contributed by atoms with Crippen molar-refractivity contribution in [2.24, 2.45) is 0 Å². The van der Waals surface area contributed by atoms with E-state index in [0.717, 1.165) is 24.1 Å². The first-order valence-corrected chi connectivity index (χ1v) is 5.78. The van der Waals surface area contributed by atoms with Gasteiger partial charge in [-0.2, -0.15) is 5.10 Å². The van der Waals surface area contributed by atoms with Crippen molar-refractivity contribution in [1.82, 2.24) is 9.78 Å². The number of hydrogen-bond donors (Lipinski definition) is 1. The fraction of sp³-hybridized carbons (Fsp3) is 0.308. The Morgan fingerprint density at radius 3 is 3.00 bits per heavy atom. The van der Waals surface area contributed by atoms with Crippen molar-refractivity contribution in [3.63, 3.8) is 0 Å². The highest BCUT2D eigenvalue weighted by Gasteiger charge is 2.24. The Balaban J connectivity index is 0.00000120. The molecule has 0 spiro atoms. The maximum atomic E-state index is 13.3. The largest absolute Gasteiger partial charge is 0.386 e. The summed E-state index contributed by atoms with van der Waals surface area (Å²) < 4.78 is 15.2. The number of halogens is 2. The Morgan fingerprint density at radius 2 is 2.28 bits per heavy atom. The van der Waals surface area contributed by atoms with E-state index in [-0.39, 0.29) is 24.3 Å². The number of nitrogens with zero attached hydrogens (tertiary/aromatic N) is 2. The molecular formula is C13H15ClFN3. The minimum Gasteiger partial charge on any atom is -0.386 e. The molecule has 3 nitrogen and oxygen atoms in total. The van der Waals surface area contributed by atoms with Crippen molar-refractivity contribution >= 4 is 18.1 Å². The van der Waals surface area contributed by atoms with Crippen LogP contribution in [0.25, 0.3) is 0 Å². The average molecular weight is 268 g/mol. The highest BCUT2D eigenvalue weighted by Crippen LogP contribution is 2.34. The molecule has 1 aromatic carbocycles. The lowest BCUT2D eigenvalue weighted by molar-refractivity contribution is 0.517. The molecule has 0 saturated heterocycles. The second kappa shape index (κ2) is 4.98. The van der Waals surface area contributed by atoms with E-state index in [4.69, 9.17) is 0 Å². The van der Waals surface area contributed by atoms with Gasteiger partial charge in [0.15, 0.2) is 0 Å². The molecule has 0 radical (unpaired) electrons. The number of nitrogens with one attached hydrogen (secondary N) is 1. The molecule has 5 heteroatoms. The Labute approximate surface area is 111 Å². The van der Waals surface area contributed by atoms with E-state index in [2.05, 4.69) is 10.4 Å². The van der Waals surface area contributed by atoms with Crippen molar-refractivity contribution in [3.8, 4) is 0 Å². The molecule has 1 unspecified atom stereocenters. The standard InChI is InChI=1S/C13H14FN3.ClH/c1-15-11-7-16-17(8-11)13-5-3-9-2-4-10(14)6-12(9)13;/h2,4,6-8,13,15H,3,5H2,1H3;1H. The summed E-state index contributed by atoms with van der Waals surface area (Å²) in [5.74, 6) is -0.170. The highest BCUT2D eigenvalue weighted by molar-refractivity contribution is 5.85. The minimum atomic E-state index is -0.170. The molecule has 1 atom stereocenters. The topological polar surface area (TPSA) is 29.9 Å². The first-order valence-electron chi connectivity index (χ1n) is 5.78. The molecule has 0 bridgehead atoms. The third-order valence-corrected chi connectivity index (χ3v) is 3.36. The van der Waals surface area contributed by atoms with Gasteiger partial charge >= 0.3 is 0 Å². The number of fused-ring (bicyclic) bond motifs is 1. The van der Waals surface area contributed by atoms with E-state index in [1.807, 2.05) is 24.0 Å². The maximum Gasteiger partial charge on any atom is 0.123 e. The summed E-state index contributed by atoms with van der Waals surface area (Å²) in [6, 6.07) is 5.22. The van der Waals surface area contributed by atoms with Gasteiger partial charge in [0.1, 0.15) is 5.82 Å². The fourth-order valence-corrected chi connectivity index (χ4v) is 2.46. The summed E-state index contributed by atoms with van der Waals surface area (Å²) in [6.45, 7) is 0. The number of hydrogen-bond acceptors (Lipinski definition) is 2. The van der Waals surface area contributed by atoms with Crippen LogP contribution in [0.5, 0.6) is 0 Å². The van der Waals surface area contributed by atoms with Crippen LogP contribution in [0, 0.1) is 5.82 Å². The molecule has 0 amide bonds. The number of aryl methyl sites for hydroxylation is 1. The monoisotopic (exact) mass is 267 g/mol. The predicted octanol–water partition coefficient (Wildman–Crippen LogP) is 3.02. The highest BCUT2D eigenvalue weighted by atomic mass is 35.5. The zero-order valence-corrected chi connectivity index (χ0v) is 10.9. The summed E-state index contributed by atoms with van der Waals surface area (Å²) in [5.41, 5.74) is 3.28. The van der Waals surface area contributed by atoms with Gasteiger partial charge in [0.25, 0.3) is 0 Å². The Hall–Kier alpha value is -1.55. The van der Waals surface area contributed by atoms with Crippen LogP contribution in [0.15, 0.2) is 30.6 Å². The molecule has 1 aliphatic rings. The third kappa shape index (κ3) is 2.08. The number of anilines is 1. The molecule has 18 heavy (non-hydrogen) atoms. The third-order valence-electron chi connectivity index (χ3n) is 3.36. The lowest BCUT2D eigenvalue weighted by atomic mass is 10.1. The number of rotatable bonds is 2. The van der Waals surface area contributed by atoms with E-state index >= 15 is 0 Å². The molecule has 1 aliphatic carbocycles. The molecule has 1 aromatic heterocycles. The molecule has 1 N–H and O–H groups in total.